The van der Waals surface area contributed by atoms with Gasteiger partial charge in [-0.2, -0.15) is 0 Å². The van der Waals surface area contributed by atoms with Crippen LogP contribution in [0.4, 0.5) is 0 Å². The monoisotopic (exact) mass is 149 g/mol. The highest BCUT2D eigenvalue weighted by Crippen LogP contribution is 2.04. The highest BCUT2D eigenvalue weighted by atomic mass is 14.7. The lowest BCUT2D eigenvalue weighted by Crippen LogP contribution is -1.82. The number of allylic oxidation sites excluding steroid dienone is 3. The average molecular weight is 149 g/mol. The van der Waals surface area contributed by atoms with Crippen molar-refractivity contribution in [2.75, 3.05) is 6.54 Å². The third kappa shape index (κ3) is 3.17. The van der Waals surface area contributed by atoms with Gasteiger partial charge >= 0.3 is 0 Å². The zero-order chi connectivity index (χ0) is 8.10. The maximum atomic E-state index is 4.09. The molecule has 1 nitrogen and oxygen atoms in total. The van der Waals surface area contributed by atoms with E-state index < -0.39 is 0 Å². The van der Waals surface area contributed by atoms with Gasteiger partial charge in [0.2, 0.25) is 0 Å². The van der Waals surface area contributed by atoms with Gasteiger partial charge in [-0.3, -0.25) is 4.99 Å². The van der Waals surface area contributed by atoms with Crippen molar-refractivity contribution in [2.24, 2.45) is 10.9 Å². The van der Waals surface area contributed by atoms with E-state index in [2.05, 4.69) is 37.1 Å². The van der Waals surface area contributed by atoms with Gasteiger partial charge in [0.1, 0.15) is 0 Å². The molecule has 11 heavy (non-hydrogen) atoms. The third-order valence-corrected chi connectivity index (χ3v) is 1.59. The van der Waals surface area contributed by atoms with Crippen molar-refractivity contribution in [3.8, 4) is 0 Å². The molecule has 1 aliphatic rings. The maximum absolute atomic E-state index is 4.09. The van der Waals surface area contributed by atoms with Crippen LogP contribution in [0.25, 0.3) is 0 Å². The molecule has 0 aliphatic carbocycles. The molecule has 0 amide bonds. The second-order valence-corrected chi connectivity index (χ2v) is 3.23. The first kappa shape index (κ1) is 8.25. The van der Waals surface area contributed by atoms with Crippen LogP contribution in [0.2, 0.25) is 0 Å². The third-order valence-electron chi connectivity index (χ3n) is 1.59. The number of hydrogen-bond acceptors (Lipinski definition) is 1. The summed E-state index contributed by atoms with van der Waals surface area (Å²) in [5, 5.41) is 0. The van der Waals surface area contributed by atoms with Crippen LogP contribution in [-0.2, 0) is 0 Å². The van der Waals surface area contributed by atoms with Gasteiger partial charge in [0.05, 0.1) is 6.54 Å². The molecule has 0 atom stereocenters. The predicted octanol–water partition coefficient (Wildman–Crippen LogP) is 2.60. The number of nitrogens with zero attached hydrogens (tertiary/aromatic N) is 1. The van der Waals surface area contributed by atoms with Crippen molar-refractivity contribution < 1.29 is 0 Å². The number of rotatable bonds is 3. The van der Waals surface area contributed by atoms with Crippen LogP contribution in [-0.4, -0.2) is 12.8 Å². The molecule has 0 aromatic heterocycles. The fraction of sp³-hybridized carbons (Fsp3) is 0.500. The van der Waals surface area contributed by atoms with Gasteiger partial charge in [-0.1, -0.05) is 32.1 Å². The smallest absolute Gasteiger partial charge is 0.0579 e. The predicted molar refractivity (Wildman–Crippen MR) is 50.0 cm³/mol. The second kappa shape index (κ2) is 4.12. The molecule has 1 rings (SSSR count). The molecule has 60 valence electrons. The Morgan fingerprint density at radius 3 is 3.00 bits per heavy atom. The molecule has 0 saturated heterocycles. The molecule has 0 radical (unpaired) electrons. The Bertz CT molecular complexity index is 197. The summed E-state index contributed by atoms with van der Waals surface area (Å²) in [6.45, 7) is 5.31. The topological polar surface area (TPSA) is 12.4 Å². The number of hydrogen-bond donors (Lipinski definition) is 0. The van der Waals surface area contributed by atoms with E-state index in [0.717, 1.165) is 18.9 Å². The summed E-state index contributed by atoms with van der Waals surface area (Å²) < 4.78 is 0. The highest BCUT2D eigenvalue weighted by Gasteiger charge is 1.92. The Balaban J connectivity index is 2.29. The van der Waals surface area contributed by atoms with Crippen molar-refractivity contribution >= 4 is 6.21 Å². The molecular weight excluding hydrogens is 134 g/mol. The quantitative estimate of drug-likeness (QED) is 0.585. The molecule has 0 aromatic carbocycles. The van der Waals surface area contributed by atoms with Crippen LogP contribution in [0.1, 0.15) is 20.3 Å². The molecular formula is C10H15N. The molecule has 1 heterocycles. The van der Waals surface area contributed by atoms with Gasteiger partial charge in [-0.15, -0.1) is 0 Å². The van der Waals surface area contributed by atoms with Gasteiger partial charge in [-0.05, 0) is 17.9 Å². The largest absolute Gasteiger partial charge is 0.288 e. The summed E-state index contributed by atoms with van der Waals surface area (Å²) in [5.74, 6) is 0.755. The summed E-state index contributed by atoms with van der Waals surface area (Å²) in [6.07, 6.45) is 9.59. The molecule has 0 fully saturated rings. The van der Waals surface area contributed by atoms with Crippen LogP contribution in [0, 0.1) is 5.92 Å². The van der Waals surface area contributed by atoms with E-state index in [1.54, 1.807) is 0 Å². The molecule has 1 heteroatoms. The lowest BCUT2D eigenvalue weighted by atomic mass is 10.1. The Kier molecular flexibility index (Phi) is 3.09. The van der Waals surface area contributed by atoms with E-state index in [0.29, 0.717) is 0 Å². The molecule has 1 aliphatic heterocycles. The second-order valence-electron chi connectivity index (χ2n) is 3.23. The highest BCUT2D eigenvalue weighted by molar-refractivity contribution is 5.84. The van der Waals surface area contributed by atoms with Crippen LogP contribution in [0.15, 0.2) is 28.8 Å². The van der Waals surface area contributed by atoms with E-state index in [1.165, 1.54) is 5.57 Å². The van der Waals surface area contributed by atoms with E-state index in [-0.39, 0.29) is 0 Å². The van der Waals surface area contributed by atoms with Gasteiger partial charge in [-0.25, -0.2) is 0 Å². The first-order valence-corrected chi connectivity index (χ1v) is 4.15. The zero-order valence-electron chi connectivity index (χ0n) is 7.25. The normalized spacial score (nSPS) is 16.8. The molecule has 0 spiro atoms. The van der Waals surface area contributed by atoms with Crippen LogP contribution < -0.4 is 0 Å². The summed E-state index contributed by atoms with van der Waals surface area (Å²) in [4.78, 5) is 4.09. The summed E-state index contributed by atoms with van der Waals surface area (Å²) in [6, 6.07) is 0. The van der Waals surface area contributed by atoms with E-state index in [1.807, 2.05) is 6.21 Å². The van der Waals surface area contributed by atoms with Gasteiger partial charge in [0, 0.05) is 6.21 Å². The molecule has 0 bridgehead atoms. The average Bonchev–Trinajstić information content (AvgIpc) is 2.39. The van der Waals surface area contributed by atoms with Crippen molar-refractivity contribution in [1.29, 1.82) is 0 Å². The Morgan fingerprint density at radius 1 is 1.64 bits per heavy atom. The Labute approximate surface area is 68.5 Å². The standard InChI is InChI=1S/C10H15N/c1-9(2)4-3-5-10-6-7-11-8-10/h3,5-6,8-9H,4,7H2,1-2H3/b5-3+. The lowest BCUT2D eigenvalue weighted by molar-refractivity contribution is 0.664. The van der Waals surface area contributed by atoms with Crippen molar-refractivity contribution in [3.63, 3.8) is 0 Å². The van der Waals surface area contributed by atoms with Crippen LogP contribution in [0.5, 0.6) is 0 Å². The zero-order valence-corrected chi connectivity index (χ0v) is 7.25. The van der Waals surface area contributed by atoms with Crippen LogP contribution in [0.3, 0.4) is 0 Å². The molecule has 0 unspecified atom stereocenters. The van der Waals surface area contributed by atoms with Crippen molar-refractivity contribution in [2.45, 2.75) is 20.3 Å². The minimum Gasteiger partial charge on any atom is -0.288 e. The molecule has 0 N–H and O–H groups in total. The fourth-order valence-electron chi connectivity index (χ4n) is 0.956. The van der Waals surface area contributed by atoms with Gasteiger partial charge in [0.25, 0.3) is 0 Å². The van der Waals surface area contributed by atoms with Crippen molar-refractivity contribution in [1.82, 2.24) is 0 Å². The SMILES string of the molecule is CC(C)C/C=C/C1=CCN=C1. The van der Waals surface area contributed by atoms with Gasteiger partial charge < -0.3 is 0 Å². The van der Waals surface area contributed by atoms with Crippen molar-refractivity contribution in [3.05, 3.63) is 23.8 Å². The summed E-state index contributed by atoms with van der Waals surface area (Å²) >= 11 is 0. The molecule has 0 aromatic rings. The fourth-order valence-corrected chi connectivity index (χ4v) is 0.956. The van der Waals surface area contributed by atoms with E-state index >= 15 is 0 Å². The van der Waals surface area contributed by atoms with Crippen LogP contribution >= 0.6 is 0 Å². The summed E-state index contributed by atoms with van der Waals surface area (Å²) in [5.41, 5.74) is 1.26. The van der Waals surface area contributed by atoms with E-state index in [4.69, 9.17) is 0 Å². The van der Waals surface area contributed by atoms with Gasteiger partial charge in [0.15, 0.2) is 0 Å². The number of aliphatic imine (C=N–C) groups is 1. The first-order chi connectivity index (χ1) is 5.29. The minimum absolute atomic E-state index is 0.755. The summed E-state index contributed by atoms with van der Waals surface area (Å²) in [7, 11) is 0. The Hall–Kier alpha value is -0.850. The lowest BCUT2D eigenvalue weighted by Gasteiger charge is -1.95. The maximum Gasteiger partial charge on any atom is 0.0579 e. The Morgan fingerprint density at radius 2 is 2.45 bits per heavy atom. The molecule has 0 saturated carbocycles. The first-order valence-electron chi connectivity index (χ1n) is 4.15. The minimum atomic E-state index is 0.755. The van der Waals surface area contributed by atoms with E-state index in [9.17, 15) is 0 Å².